The van der Waals surface area contributed by atoms with E-state index in [1.54, 1.807) is 17.7 Å². The largest absolute Gasteiger partial charge is 0.393 e. The maximum atomic E-state index is 9.95. The molecule has 0 aromatic carbocycles. The fraction of sp³-hybridized carbons (Fsp3) is 0.538. The van der Waals surface area contributed by atoms with E-state index in [9.17, 15) is 5.11 Å². The van der Waals surface area contributed by atoms with Crippen LogP contribution in [0.4, 0.5) is 5.82 Å². The van der Waals surface area contributed by atoms with Crippen LogP contribution in [0, 0.1) is 5.92 Å². The number of rotatable bonds is 3. The summed E-state index contributed by atoms with van der Waals surface area (Å²) < 4.78 is 0. The summed E-state index contributed by atoms with van der Waals surface area (Å²) in [6.07, 6.45) is 5.85. The van der Waals surface area contributed by atoms with E-state index < -0.39 is 0 Å². The number of nitrogens with zero attached hydrogens (tertiary/aromatic N) is 2. The zero-order valence-electron chi connectivity index (χ0n) is 10.2. The minimum absolute atomic E-state index is 0.161. The molecule has 2 aromatic rings. The molecule has 96 valence electrons. The quantitative estimate of drug-likeness (QED) is 0.894. The Hall–Kier alpha value is -1.20. The average Bonchev–Trinajstić information content (AvgIpc) is 2.86. The van der Waals surface area contributed by atoms with Gasteiger partial charge in [0.05, 0.1) is 11.5 Å². The molecule has 3 rings (SSSR count). The zero-order chi connectivity index (χ0) is 12.4. The number of aliphatic hydroxyl groups is 1. The molecule has 2 heterocycles. The smallest absolute Gasteiger partial charge is 0.138 e. The van der Waals surface area contributed by atoms with Gasteiger partial charge in [-0.1, -0.05) is 12.8 Å². The van der Waals surface area contributed by atoms with E-state index in [0.29, 0.717) is 5.92 Å². The minimum Gasteiger partial charge on any atom is -0.393 e. The summed E-state index contributed by atoms with van der Waals surface area (Å²) in [5.41, 5.74) is 0. The molecule has 0 radical (unpaired) electrons. The molecule has 1 aliphatic carbocycles. The maximum absolute atomic E-state index is 9.95. The van der Waals surface area contributed by atoms with Crippen LogP contribution >= 0.6 is 11.3 Å². The number of hydrogen-bond acceptors (Lipinski definition) is 5. The lowest BCUT2D eigenvalue weighted by molar-refractivity contribution is 0.0763. The van der Waals surface area contributed by atoms with Crippen LogP contribution < -0.4 is 5.32 Å². The van der Waals surface area contributed by atoms with E-state index >= 15 is 0 Å². The molecule has 1 saturated carbocycles. The first-order valence-corrected chi connectivity index (χ1v) is 7.32. The van der Waals surface area contributed by atoms with Gasteiger partial charge in [-0.15, -0.1) is 11.3 Å². The summed E-state index contributed by atoms with van der Waals surface area (Å²) >= 11 is 1.62. The van der Waals surface area contributed by atoms with Crippen LogP contribution in [0.15, 0.2) is 17.8 Å². The molecule has 0 spiro atoms. The third-order valence-corrected chi connectivity index (χ3v) is 4.48. The van der Waals surface area contributed by atoms with Crippen LogP contribution in [0.2, 0.25) is 0 Å². The second kappa shape index (κ2) is 5.20. The molecule has 0 saturated heterocycles. The van der Waals surface area contributed by atoms with Crippen molar-refractivity contribution in [3.8, 4) is 0 Å². The monoisotopic (exact) mass is 263 g/mol. The molecule has 18 heavy (non-hydrogen) atoms. The lowest BCUT2D eigenvalue weighted by Gasteiger charge is -2.27. The number of thiophene rings is 1. The number of anilines is 1. The molecule has 1 aliphatic rings. The van der Waals surface area contributed by atoms with Crippen molar-refractivity contribution in [2.75, 3.05) is 11.9 Å². The Morgan fingerprint density at radius 3 is 3.11 bits per heavy atom. The fourth-order valence-electron chi connectivity index (χ4n) is 2.58. The first-order chi connectivity index (χ1) is 8.84. The molecule has 2 N–H and O–H groups in total. The van der Waals surface area contributed by atoms with Gasteiger partial charge in [0, 0.05) is 12.5 Å². The Kier molecular flexibility index (Phi) is 3.43. The normalized spacial score (nSPS) is 24.3. The summed E-state index contributed by atoms with van der Waals surface area (Å²) in [5.74, 6) is 1.24. The van der Waals surface area contributed by atoms with Crippen LogP contribution in [-0.2, 0) is 0 Å². The number of hydrogen-bond donors (Lipinski definition) is 2. The lowest BCUT2D eigenvalue weighted by atomic mass is 9.86. The third kappa shape index (κ3) is 2.33. The van der Waals surface area contributed by atoms with Crippen molar-refractivity contribution in [1.82, 2.24) is 9.97 Å². The Bertz CT molecular complexity index is 528. The molecule has 4 nitrogen and oxygen atoms in total. The average molecular weight is 263 g/mol. The van der Waals surface area contributed by atoms with E-state index in [0.717, 1.165) is 41.8 Å². The molecule has 0 amide bonds. The molecular formula is C13H17N3OS. The molecular weight excluding hydrogens is 246 g/mol. The zero-order valence-corrected chi connectivity index (χ0v) is 11.0. The van der Waals surface area contributed by atoms with E-state index in [2.05, 4.69) is 15.3 Å². The van der Waals surface area contributed by atoms with Crippen molar-refractivity contribution in [1.29, 1.82) is 0 Å². The van der Waals surface area contributed by atoms with Gasteiger partial charge in [-0.3, -0.25) is 0 Å². The second-order valence-electron chi connectivity index (χ2n) is 4.85. The third-order valence-electron chi connectivity index (χ3n) is 3.66. The van der Waals surface area contributed by atoms with E-state index in [4.69, 9.17) is 0 Å². The summed E-state index contributed by atoms with van der Waals surface area (Å²) in [7, 11) is 0. The van der Waals surface area contributed by atoms with Gasteiger partial charge in [0.25, 0.3) is 0 Å². The van der Waals surface area contributed by atoms with Gasteiger partial charge in [-0.05, 0) is 24.3 Å². The molecule has 2 atom stereocenters. The predicted octanol–water partition coefficient (Wildman–Crippen LogP) is 2.65. The van der Waals surface area contributed by atoms with Gasteiger partial charge in [-0.2, -0.15) is 0 Å². The fourth-order valence-corrected chi connectivity index (χ4v) is 3.32. The predicted molar refractivity (Wildman–Crippen MR) is 73.9 cm³/mol. The molecule has 5 heteroatoms. The second-order valence-corrected chi connectivity index (χ2v) is 5.75. The highest BCUT2D eigenvalue weighted by molar-refractivity contribution is 7.16. The van der Waals surface area contributed by atoms with E-state index in [1.165, 1.54) is 6.42 Å². The molecule has 2 unspecified atom stereocenters. The van der Waals surface area contributed by atoms with Crippen LogP contribution in [0.3, 0.4) is 0 Å². The van der Waals surface area contributed by atoms with Crippen molar-refractivity contribution in [2.24, 2.45) is 5.92 Å². The molecule has 0 aliphatic heterocycles. The highest BCUT2D eigenvalue weighted by Crippen LogP contribution is 2.27. The molecule has 0 bridgehead atoms. The Balaban J connectivity index is 1.71. The van der Waals surface area contributed by atoms with Crippen molar-refractivity contribution < 1.29 is 5.11 Å². The van der Waals surface area contributed by atoms with Crippen molar-refractivity contribution in [3.63, 3.8) is 0 Å². The van der Waals surface area contributed by atoms with Gasteiger partial charge in [-0.25, -0.2) is 9.97 Å². The van der Waals surface area contributed by atoms with Crippen molar-refractivity contribution in [3.05, 3.63) is 17.8 Å². The van der Waals surface area contributed by atoms with Crippen LogP contribution in [0.25, 0.3) is 10.2 Å². The first-order valence-electron chi connectivity index (χ1n) is 6.45. The van der Waals surface area contributed by atoms with Crippen LogP contribution in [0.1, 0.15) is 25.7 Å². The summed E-state index contributed by atoms with van der Waals surface area (Å²) in [6.45, 7) is 0.795. The summed E-state index contributed by atoms with van der Waals surface area (Å²) in [6, 6.07) is 2.04. The van der Waals surface area contributed by atoms with E-state index in [-0.39, 0.29) is 6.10 Å². The standard InChI is InChI=1S/C13H17N3OS/c17-11-4-2-1-3-9(11)7-14-12-10-5-6-18-13(10)16-8-15-12/h5-6,8-9,11,17H,1-4,7H2,(H,14,15,16). The maximum Gasteiger partial charge on any atom is 0.138 e. The molecule has 1 fully saturated rings. The summed E-state index contributed by atoms with van der Waals surface area (Å²) in [5, 5.41) is 16.4. The van der Waals surface area contributed by atoms with Gasteiger partial charge in [0.1, 0.15) is 17.0 Å². The number of fused-ring (bicyclic) bond motifs is 1. The SMILES string of the molecule is OC1CCCCC1CNc1ncnc2sccc12. The Morgan fingerprint density at radius 1 is 1.33 bits per heavy atom. The Labute approximate surface area is 110 Å². The van der Waals surface area contributed by atoms with Gasteiger partial charge in [0.15, 0.2) is 0 Å². The first kappa shape index (κ1) is 11.9. The minimum atomic E-state index is -0.161. The topological polar surface area (TPSA) is 58.0 Å². The highest BCUT2D eigenvalue weighted by atomic mass is 32.1. The van der Waals surface area contributed by atoms with Gasteiger partial charge >= 0.3 is 0 Å². The van der Waals surface area contributed by atoms with Crippen LogP contribution in [0.5, 0.6) is 0 Å². The number of nitrogens with one attached hydrogen (secondary N) is 1. The van der Waals surface area contributed by atoms with Gasteiger partial charge < -0.3 is 10.4 Å². The van der Waals surface area contributed by atoms with Gasteiger partial charge in [0.2, 0.25) is 0 Å². The number of aliphatic hydroxyl groups excluding tert-OH is 1. The highest BCUT2D eigenvalue weighted by Gasteiger charge is 2.22. The van der Waals surface area contributed by atoms with E-state index in [1.807, 2.05) is 11.4 Å². The summed E-state index contributed by atoms with van der Waals surface area (Å²) in [4.78, 5) is 9.53. The molecule has 2 aromatic heterocycles. The van der Waals surface area contributed by atoms with Crippen molar-refractivity contribution >= 4 is 27.4 Å². The number of aromatic nitrogens is 2. The lowest BCUT2D eigenvalue weighted by Crippen LogP contribution is -2.30. The van der Waals surface area contributed by atoms with Crippen molar-refractivity contribution in [2.45, 2.75) is 31.8 Å². The Morgan fingerprint density at radius 2 is 2.22 bits per heavy atom. The van der Waals surface area contributed by atoms with Crippen LogP contribution in [-0.4, -0.2) is 27.7 Å².